The number of hydrogen-bond donors (Lipinski definition) is 3. The Labute approximate surface area is 142 Å². The van der Waals surface area contributed by atoms with Crippen LogP contribution in [-0.2, 0) is 11.3 Å². The lowest BCUT2D eigenvalue weighted by molar-refractivity contribution is -0.125. The van der Waals surface area contributed by atoms with E-state index in [9.17, 15) is 9.59 Å². The van der Waals surface area contributed by atoms with Crippen LogP contribution >= 0.6 is 0 Å². The van der Waals surface area contributed by atoms with E-state index in [4.69, 9.17) is 5.73 Å². The molecule has 2 fully saturated rings. The second-order valence-corrected chi connectivity index (χ2v) is 6.81. The first kappa shape index (κ1) is 16.8. The van der Waals surface area contributed by atoms with Crippen molar-refractivity contribution in [3.05, 3.63) is 29.8 Å². The molecule has 0 radical (unpaired) electrons. The summed E-state index contributed by atoms with van der Waals surface area (Å²) < 4.78 is 0. The van der Waals surface area contributed by atoms with Crippen molar-refractivity contribution in [3.63, 3.8) is 0 Å². The smallest absolute Gasteiger partial charge is 0.321 e. The van der Waals surface area contributed by atoms with E-state index in [-0.39, 0.29) is 23.9 Å². The van der Waals surface area contributed by atoms with Crippen LogP contribution in [0, 0.1) is 5.92 Å². The van der Waals surface area contributed by atoms with Gasteiger partial charge in [0.1, 0.15) is 0 Å². The highest BCUT2D eigenvalue weighted by atomic mass is 16.2. The third-order valence-corrected chi connectivity index (χ3v) is 4.88. The monoisotopic (exact) mass is 330 g/mol. The van der Waals surface area contributed by atoms with E-state index in [2.05, 4.69) is 10.6 Å². The van der Waals surface area contributed by atoms with E-state index < -0.39 is 0 Å². The van der Waals surface area contributed by atoms with Crippen LogP contribution in [0.5, 0.6) is 0 Å². The maximum absolute atomic E-state index is 12.2. The number of anilines is 1. The van der Waals surface area contributed by atoms with Crippen molar-refractivity contribution >= 4 is 17.6 Å². The van der Waals surface area contributed by atoms with Crippen LogP contribution in [0.25, 0.3) is 0 Å². The molecule has 1 aromatic carbocycles. The fourth-order valence-electron chi connectivity index (χ4n) is 3.47. The fraction of sp³-hybridized carbons (Fsp3) is 0.556. The van der Waals surface area contributed by atoms with Gasteiger partial charge in [0.05, 0.1) is 0 Å². The van der Waals surface area contributed by atoms with E-state index in [0.717, 1.165) is 56.4 Å². The standard InChI is InChI=1S/C18H26N4O2/c19-15-7-6-14(11-15)17(23)20-12-13-4-3-5-16(10-13)21-18(24)22-8-1-2-9-22/h3-5,10,14-15H,1-2,6-9,11-12,19H2,(H,20,23)(H,21,24). The summed E-state index contributed by atoms with van der Waals surface area (Å²) in [7, 11) is 0. The summed E-state index contributed by atoms with van der Waals surface area (Å²) in [5.74, 6) is 0.118. The molecule has 2 unspecified atom stereocenters. The van der Waals surface area contributed by atoms with Gasteiger partial charge in [0.25, 0.3) is 0 Å². The molecule has 3 amide bonds. The normalized spacial score (nSPS) is 23.3. The van der Waals surface area contributed by atoms with E-state index in [1.807, 2.05) is 29.2 Å². The number of nitrogens with zero attached hydrogens (tertiary/aromatic N) is 1. The zero-order chi connectivity index (χ0) is 16.9. The molecule has 1 aromatic rings. The number of carbonyl (C=O) groups is 2. The number of amides is 3. The average molecular weight is 330 g/mol. The van der Waals surface area contributed by atoms with Crippen molar-refractivity contribution < 1.29 is 9.59 Å². The third kappa shape index (κ3) is 4.26. The Morgan fingerprint density at radius 2 is 2.00 bits per heavy atom. The zero-order valence-corrected chi connectivity index (χ0v) is 14.0. The molecule has 1 aliphatic carbocycles. The van der Waals surface area contributed by atoms with Gasteiger partial charge in [-0.1, -0.05) is 12.1 Å². The summed E-state index contributed by atoms with van der Waals surface area (Å²) in [6.07, 6.45) is 4.72. The number of urea groups is 1. The molecule has 130 valence electrons. The second-order valence-electron chi connectivity index (χ2n) is 6.81. The molecule has 1 aliphatic heterocycles. The second kappa shape index (κ2) is 7.66. The van der Waals surface area contributed by atoms with Crippen molar-refractivity contribution in [1.29, 1.82) is 0 Å². The molecule has 2 atom stereocenters. The predicted molar refractivity (Wildman–Crippen MR) is 93.4 cm³/mol. The van der Waals surface area contributed by atoms with Gasteiger partial charge in [0.15, 0.2) is 0 Å². The Morgan fingerprint density at radius 1 is 1.21 bits per heavy atom. The van der Waals surface area contributed by atoms with E-state index >= 15 is 0 Å². The van der Waals surface area contributed by atoms with Gasteiger partial charge in [-0.2, -0.15) is 0 Å². The molecule has 3 rings (SSSR count). The molecule has 6 heteroatoms. The lowest BCUT2D eigenvalue weighted by Crippen LogP contribution is -2.32. The van der Waals surface area contributed by atoms with Gasteiger partial charge >= 0.3 is 6.03 Å². The molecule has 0 spiro atoms. The third-order valence-electron chi connectivity index (χ3n) is 4.88. The first-order valence-corrected chi connectivity index (χ1v) is 8.80. The largest absolute Gasteiger partial charge is 0.352 e. The molecule has 1 saturated heterocycles. The number of nitrogens with two attached hydrogens (primary N) is 1. The highest BCUT2D eigenvalue weighted by Crippen LogP contribution is 2.24. The highest BCUT2D eigenvalue weighted by Gasteiger charge is 2.27. The fourth-order valence-corrected chi connectivity index (χ4v) is 3.47. The molecule has 4 N–H and O–H groups in total. The van der Waals surface area contributed by atoms with Crippen LogP contribution in [0.15, 0.2) is 24.3 Å². The minimum absolute atomic E-state index is 0.0399. The van der Waals surface area contributed by atoms with Gasteiger partial charge in [-0.25, -0.2) is 4.79 Å². The van der Waals surface area contributed by atoms with Crippen LogP contribution in [0.1, 0.15) is 37.7 Å². The van der Waals surface area contributed by atoms with E-state index in [0.29, 0.717) is 6.54 Å². The van der Waals surface area contributed by atoms with Gasteiger partial charge in [-0.15, -0.1) is 0 Å². The maximum atomic E-state index is 12.2. The zero-order valence-electron chi connectivity index (χ0n) is 14.0. The maximum Gasteiger partial charge on any atom is 0.321 e. The van der Waals surface area contributed by atoms with Gasteiger partial charge in [0.2, 0.25) is 5.91 Å². The summed E-state index contributed by atoms with van der Waals surface area (Å²) in [4.78, 5) is 26.1. The Hall–Kier alpha value is -2.08. The quantitative estimate of drug-likeness (QED) is 0.789. The van der Waals surface area contributed by atoms with Crippen LogP contribution in [0.2, 0.25) is 0 Å². The summed E-state index contributed by atoms with van der Waals surface area (Å²) in [5.41, 5.74) is 7.61. The van der Waals surface area contributed by atoms with Gasteiger partial charge < -0.3 is 21.3 Å². The number of hydrogen-bond acceptors (Lipinski definition) is 3. The molecule has 6 nitrogen and oxygen atoms in total. The van der Waals surface area contributed by atoms with Crippen molar-refractivity contribution in [2.45, 2.75) is 44.7 Å². The average Bonchev–Trinajstić information content (AvgIpc) is 3.24. The SMILES string of the molecule is NC1CCC(C(=O)NCc2cccc(NC(=O)N3CCCC3)c2)C1. The van der Waals surface area contributed by atoms with Crippen LogP contribution in [0.3, 0.4) is 0 Å². The Morgan fingerprint density at radius 3 is 2.71 bits per heavy atom. The number of nitrogens with one attached hydrogen (secondary N) is 2. The summed E-state index contributed by atoms with van der Waals surface area (Å²) in [5, 5.41) is 5.91. The lowest BCUT2D eigenvalue weighted by atomic mass is 10.1. The topological polar surface area (TPSA) is 87.5 Å². The Bertz CT molecular complexity index is 598. The number of carbonyl (C=O) groups excluding carboxylic acids is 2. The van der Waals surface area contributed by atoms with Gasteiger partial charge in [0, 0.05) is 37.3 Å². The first-order valence-electron chi connectivity index (χ1n) is 8.80. The molecule has 1 heterocycles. The molecule has 2 aliphatic rings. The van der Waals surface area contributed by atoms with E-state index in [1.165, 1.54) is 0 Å². The van der Waals surface area contributed by atoms with Gasteiger partial charge in [-0.3, -0.25) is 4.79 Å². The van der Waals surface area contributed by atoms with Crippen LogP contribution < -0.4 is 16.4 Å². The van der Waals surface area contributed by atoms with Crippen molar-refractivity contribution in [2.24, 2.45) is 11.7 Å². The lowest BCUT2D eigenvalue weighted by Gasteiger charge is -2.16. The molecule has 0 bridgehead atoms. The minimum atomic E-state index is -0.0476. The van der Waals surface area contributed by atoms with Crippen molar-refractivity contribution in [2.75, 3.05) is 18.4 Å². The number of benzene rings is 1. The molecule has 0 aromatic heterocycles. The van der Waals surface area contributed by atoms with Crippen LogP contribution in [0.4, 0.5) is 10.5 Å². The highest BCUT2D eigenvalue weighted by molar-refractivity contribution is 5.89. The van der Waals surface area contributed by atoms with Gasteiger partial charge in [-0.05, 0) is 49.8 Å². The number of likely N-dealkylation sites (tertiary alicyclic amines) is 1. The summed E-state index contributed by atoms with van der Waals surface area (Å²) >= 11 is 0. The Balaban J connectivity index is 1.51. The molecular formula is C18H26N4O2. The van der Waals surface area contributed by atoms with Crippen molar-refractivity contribution in [3.8, 4) is 0 Å². The Kier molecular flexibility index (Phi) is 5.35. The van der Waals surface area contributed by atoms with E-state index in [1.54, 1.807) is 0 Å². The molecular weight excluding hydrogens is 304 g/mol. The predicted octanol–water partition coefficient (Wildman–Crippen LogP) is 2.06. The molecule has 1 saturated carbocycles. The first-order chi connectivity index (χ1) is 11.6. The molecule has 24 heavy (non-hydrogen) atoms. The van der Waals surface area contributed by atoms with Crippen molar-refractivity contribution in [1.82, 2.24) is 10.2 Å². The minimum Gasteiger partial charge on any atom is -0.352 e. The number of rotatable bonds is 4. The summed E-state index contributed by atoms with van der Waals surface area (Å²) in [6.45, 7) is 2.12. The van der Waals surface area contributed by atoms with Crippen LogP contribution in [-0.4, -0.2) is 36.0 Å². The summed E-state index contributed by atoms with van der Waals surface area (Å²) in [6, 6.07) is 7.74.